The van der Waals surface area contributed by atoms with Gasteiger partial charge in [-0.15, -0.1) is 0 Å². The summed E-state index contributed by atoms with van der Waals surface area (Å²) in [5.41, 5.74) is 1.95. The highest BCUT2D eigenvalue weighted by Gasteiger charge is 2.22. The van der Waals surface area contributed by atoms with Gasteiger partial charge >= 0.3 is 0 Å². The van der Waals surface area contributed by atoms with Crippen LogP contribution in [0.5, 0.6) is 0 Å². The van der Waals surface area contributed by atoms with E-state index in [4.69, 9.17) is 4.74 Å². The molecular weight excluding hydrogens is 212 g/mol. The molecule has 1 aromatic carbocycles. The number of aromatic nitrogens is 1. The van der Waals surface area contributed by atoms with Crippen LogP contribution in [0.4, 0.5) is 0 Å². The lowest BCUT2D eigenvalue weighted by molar-refractivity contribution is 0.230. The van der Waals surface area contributed by atoms with Gasteiger partial charge < -0.3 is 4.74 Å². The van der Waals surface area contributed by atoms with Crippen LogP contribution < -0.4 is 0 Å². The van der Waals surface area contributed by atoms with Crippen LogP contribution >= 0.6 is 0 Å². The summed E-state index contributed by atoms with van der Waals surface area (Å²) in [5, 5.41) is 0. The van der Waals surface area contributed by atoms with Crippen LogP contribution in [-0.4, -0.2) is 17.4 Å². The fraction of sp³-hybridized carbons (Fsp3) is 0.143. The predicted octanol–water partition coefficient (Wildman–Crippen LogP) is 2.60. The molecule has 2 aromatic rings. The zero-order valence-corrected chi connectivity index (χ0v) is 9.28. The molecule has 1 aliphatic heterocycles. The topological polar surface area (TPSA) is 34.5 Å². The molecule has 0 radical (unpaired) electrons. The number of nitrogens with zero attached hydrogens (tertiary/aromatic N) is 2. The minimum atomic E-state index is 0.0215. The second-order valence-corrected chi connectivity index (χ2v) is 3.88. The molecule has 3 heteroatoms. The molecule has 0 bridgehead atoms. The third-order valence-electron chi connectivity index (χ3n) is 2.71. The molecule has 0 aliphatic carbocycles. The van der Waals surface area contributed by atoms with Crippen molar-refractivity contribution in [3.05, 3.63) is 66.0 Å². The Morgan fingerprint density at radius 1 is 1.00 bits per heavy atom. The summed E-state index contributed by atoms with van der Waals surface area (Å²) in [5.74, 6) is 0.638. The van der Waals surface area contributed by atoms with Gasteiger partial charge in [-0.25, -0.2) is 4.99 Å². The minimum Gasteiger partial charge on any atom is -0.466 e. The first-order valence-electron chi connectivity index (χ1n) is 5.61. The molecule has 0 unspecified atom stereocenters. The molecule has 0 fully saturated rings. The van der Waals surface area contributed by atoms with Gasteiger partial charge in [0.05, 0.1) is 6.54 Å². The van der Waals surface area contributed by atoms with Crippen molar-refractivity contribution in [2.75, 3.05) is 6.54 Å². The SMILES string of the molecule is c1ccc([C@@H]2CN=C(c3ccccn3)O2)cc1. The van der Waals surface area contributed by atoms with E-state index in [1.165, 1.54) is 0 Å². The minimum absolute atomic E-state index is 0.0215. The highest BCUT2D eigenvalue weighted by Crippen LogP contribution is 2.24. The highest BCUT2D eigenvalue weighted by atomic mass is 16.5. The molecular formula is C14H12N2O. The van der Waals surface area contributed by atoms with Gasteiger partial charge in [0.25, 0.3) is 0 Å². The Bertz CT molecular complexity index is 522. The molecule has 0 N–H and O–H groups in total. The average molecular weight is 224 g/mol. The van der Waals surface area contributed by atoms with Crippen LogP contribution in [0.25, 0.3) is 0 Å². The van der Waals surface area contributed by atoms with Crippen molar-refractivity contribution in [3.8, 4) is 0 Å². The molecule has 2 heterocycles. The van der Waals surface area contributed by atoms with Crippen molar-refractivity contribution in [1.29, 1.82) is 0 Å². The van der Waals surface area contributed by atoms with Crippen LogP contribution in [0.1, 0.15) is 17.4 Å². The normalized spacial score (nSPS) is 18.6. The van der Waals surface area contributed by atoms with Gasteiger partial charge in [0.1, 0.15) is 11.8 Å². The van der Waals surface area contributed by atoms with Gasteiger partial charge in [-0.05, 0) is 17.7 Å². The fourth-order valence-corrected chi connectivity index (χ4v) is 1.85. The maximum absolute atomic E-state index is 5.82. The van der Waals surface area contributed by atoms with Crippen LogP contribution in [0.3, 0.4) is 0 Å². The molecule has 0 saturated heterocycles. The molecule has 84 valence electrons. The summed E-state index contributed by atoms with van der Waals surface area (Å²) >= 11 is 0. The van der Waals surface area contributed by atoms with E-state index in [0.717, 1.165) is 11.3 Å². The van der Waals surface area contributed by atoms with Crippen molar-refractivity contribution in [3.63, 3.8) is 0 Å². The first kappa shape index (κ1) is 10.0. The van der Waals surface area contributed by atoms with Gasteiger partial charge in [0.2, 0.25) is 5.90 Å². The monoisotopic (exact) mass is 224 g/mol. The first-order chi connectivity index (χ1) is 8.43. The van der Waals surface area contributed by atoms with Crippen LogP contribution in [0.15, 0.2) is 59.7 Å². The standard InChI is InChI=1S/C14H12N2O/c1-2-6-11(7-3-1)13-10-16-14(17-13)12-8-4-5-9-15-12/h1-9,13H,10H2/t13-/m0/s1. The molecule has 0 saturated carbocycles. The zero-order valence-electron chi connectivity index (χ0n) is 9.28. The summed E-state index contributed by atoms with van der Waals surface area (Å²) in [4.78, 5) is 8.63. The quantitative estimate of drug-likeness (QED) is 0.785. The van der Waals surface area contributed by atoms with E-state index in [2.05, 4.69) is 22.1 Å². The number of hydrogen-bond donors (Lipinski definition) is 0. The third kappa shape index (κ3) is 2.04. The van der Waals surface area contributed by atoms with Crippen molar-refractivity contribution >= 4 is 5.90 Å². The Hall–Kier alpha value is -2.16. The average Bonchev–Trinajstić information content (AvgIpc) is 2.90. The zero-order chi connectivity index (χ0) is 11.5. The maximum Gasteiger partial charge on any atom is 0.236 e. The Kier molecular flexibility index (Phi) is 2.58. The van der Waals surface area contributed by atoms with Crippen molar-refractivity contribution < 1.29 is 4.74 Å². The van der Waals surface area contributed by atoms with E-state index in [-0.39, 0.29) is 6.10 Å². The number of ether oxygens (including phenoxy) is 1. The molecule has 1 atom stereocenters. The highest BCUT2D eigenvalue weighted by molar-refractivity contribution is 5.93. The summed E-state index contributed by atoms with van der Waals surface area (Å²) in [6, 6.07) is 15.9. The summed E-state index contributed by atoms with van der Waals surface area (Å²) in [6.45, 7) is 0.663. The van der Waals surface area contributed by atoms with E-state index in [9.17, 15) is 0 Å². The van der Waals surface area contributed by atoms with Crippen molar-refractivity contribution in [2.24, 2.45) is 4.99 Å². The Morgan fingerprint density at radius 3 is 2.59 bits per heavy atom. The van der Waals surface area contributed by atoms with Gasteiger partial charge in [-0.1, -0.05) is 36.4 Å². The van der Waals surface area contributed by atoms with E-state index in [1.54, 1.807) is 6.20 Å². The van der Waals surface area contributed by atoms with Crippen molar-refractivity contribution in [1.82, 2.24) is 4.98 Å². The van der Waals surface area contributed by atoms with E-state index in [1.807, 2.05) is 36.4 Å². The second kappa shape index (κ2) is 4.37. The molecule has 1 aliphatic rings. The van der Waals surface area contributed by atoms with Crippen LogP contribution in [0, 0.1) is 0 Å². The summed E-state index contributed by atoms with van der Waals surface area (Å²) < 4.78 is 5.82. The molecule has 0 spiro atoms. The number of pyridine rings is 1. The van der Waals surface area contributed by atoms with Gasteiger partial charge in [-0.3, -0.25) is 4.98 Å². The lowest BCUT2D eigenvalue weighted by Crippen LogP contribution is -2.07. The molecule has 1 aromatic heterocycles. The number of rotatable bonds is 2. The fourth-order valence-electron chi connectivity index (χ4n) is 1.85. The van der Waals surface area contributed by atoms with E-state index in [0.29, 0.717) is 12.4 Å². The number of benzene rings is 1. The molecule has 3 nitrogen and oxygen atoms in total. The Labute approximate surface area is 99.8 Å². The van der Waals surface area contributed by atoms with Crippen LogP contribution in [-0.2, 0) is 4.74 Å². The maximum atomic E-state index is 5.82. The van der Waals surface area contributed by atoms with E-state index < -0.39 is 0 Å². The van der Waals surface area contributed by atoms with Gasteiger partial charge in [-0.2, -0.15) is 0 Å². The van der Waals surface area contributed by atoms with Gasteiger partial charge in [0.15, 0.2) is 0 Å². The Balaban J connectivity index is 1.78. The first-order valence-corrected chi connectivity index (χ1v) is 5.61. The largest absolute Gasteiger partial charge is 0.466 e. The molecule has 0 amide bonds. The third-order valence-corrected chi connectivity index (χ3v) is 2.71. The summed E-state index contributed by atoms with van der Waals surface area (Å²) in [6.07, 6.45) is 1.77. The van der Waals surface area contributed by atoms with Gasteiger partial charge in [0, 0.05) is 6.20 Å². The lowest BCUT2D eigenvalue weighted by Gasteiger charge is -2.10. The van der Waals surface area contributed by atoms with E-state index >= 15 is 0 Å². The smallest absolute Gasteiger partial charge is 0.236 e. The predicted molar refractivity (Wildman–Crippen MR) is 65.9 cm³/mol. The lowest BCUT2D eigenvalue weighted by atomic mass is 10.1. The molecule has 3 rings (SSSR count). The summed E-state index contributed by atoms with van der Waals surface area (Å²) in [7, 11) is 0. The number of hydrogen-bond acceptors (Lipinski definition) is 3. The number of aliphatic imine (C=N–C) groups is 1. The second-order valence-electron chi connectivity index (χ2n) is 3.88. The van der Waals surface area contributed by atoms with Crippen molar-refractivity contribution in [2.45, 2.75) is 6.10 Å². The molecule has 17 heavy (non-hydrogen) atoms. The van der Waals surface area contributed by atoms with Crippen LogP contribution in [0.2, 0.25) is 0 Å². The Morgan fingerprint density at radius 2 is 1.82 bits per heavy atom.